The smallest absolute Gasteiger partial charge is 0.187 e. The Labute approximate surface area is 132 Å². The van der Waals surface area contributed by atoms with E-state index in [0.29, 0.717) is 29.2 Å². The second-order valence-electron chi connectivity index (χ2n) is 5.88. The summed E-state index contributed by atoms with van der Waals surface area (Å²) in [6.45, 7) is 10.3. The zero-order valence-corrected chi connectivity index (χ0v) is 13.9. The Morgan fingerprint density at radius 2 is 1.86 bits per heavy atom. The van der Waals surface area contributed by atoms with Crippen LogP contribution in [0.4, 0.5) is 5.82 Å². The van der Waals surface area contributed by atoms with Crippen molar-refractivity contribution in [3.63, 3.8) is 0 Å². The van der Waals surface area contributed by atoms with Gasteiger partial charge in [-0.05, 0) is 25.2 Å². The summed E-state index contributed by atoms with van der Waals surface area (Å²) < 4.78 is 6.00. The lowest BCUT2D eigenvalue weighted by Crippen LogP contribution is -2.03. The minimum Gasteiger partial charge on any atom is -0.451 e. The highest BCUT2D eigenvalue weighted by Gasteiger charge is 2.15. The van der Waals surface area contributed by atoms with Gasteiger partial charge >= 0.3 is 0 Å². The fraction of sp³-hybridized carbons (Fsp3) is 0.471. The molecule has 2 aromatic heterocycles. The first-order valence-corrected chi connectivity index (χ1v) is 7.69. The maximum Gasteiger partial charge on any atom is 0.187 e. The minimum absolute atomic E-state index is 0.307. The number of hydrogen-bond donors (Lipinski definition) is 1. The van der Waals surface area contributed by atoms with Gasteiger partial charge < -0.3 is 10.5 Å². The van der Waals surface area contributed by atoms with Crippen molar-refractivity contribution >= 4 is 5.82 Å². The zero-order chi connectivity index (χ0) is 16.3. The van der Waals surface area contributed by atoms with Crippen molar-refractivity contribution in [2.24, 2.45) is 0 Å². The van der Waals surface area contributed by atoms with Crippen LogP contribution >= 0.6 is 0 Å². The molecule has 1 atom stereocenters. The number of aryl methyl sites for hydroxylation is 1. The van der Waals surface area contributed by atoms with Gasteiger partial charge in [-0.25, -0.2) is 9.97 Å². The monoisotopic (exact) mass is 300 g/mol. The molecule has 5 nitrogen and oxygen atoms in total. The number of nitrogens with two attached hydrogens (primary N) is 1. The molecule has 0 spiro atoms. The number of nitrogens with zero attached hydrogens (tertiary/aromatic N) is 3. The first kappa shape index (κ1) is 16.2. The van der Waals surface area contributed by atoms with E-state index in [1.54, 1.807) is 13.1 Å². The molecule has 22 heavy (non-hydrogen) atoms. The fourth-order valence-corrected chi connectivity index (χ4v) is 2.14. The van der Waals surface area contributed by atoms with E-state index < -0.39 is 0 Å². The van der Waals surface area contributed by atoms with E-state index in [-0.39, 0.29) is 0 Å². The van der Waals surface area contributed by atoms with Crippen LogP contribution < -0.4 is 10.5 Å². The molecule has 2 aromatic rings. The van der Waals surface area contributed by atoms with Crippen LogP contribution in [0.15, 0.2) is 18.5 Å². The van der Waals surface area contributed by atoms with E-state index in [0.717, 1.165) is 23.4 Å². The van der Waals surface area contributed by atoms with E-state index in [1.807, 2.05) is 12.3 Å². The van der Waals surface area contributed by atoms with Crippen LogP contribution in [-0.4, -0.2) is 15.0 Å². The van der Waals surface area contributed by atoms with Crippen molar-refractivity contribution in [1.29, 1.82) is 0 Å². The molecule has 0 aliphatic carbocycles. The average Bonchev–Trinajstić information content (AvgIpc) is 2.49. The molecular formula is C17H24N4O. The molecule has 0 saturated carbocycles. The van der Waals surface area contributed by atoms with Crippen molar-refractivity contribution in [3.05, 3.63) is 35.5 Å². The normalized spacial score (nSPS) is 12.5. The van der Waals surface area contributed by atoms with Gasteiger partial charge in [0.05, 0.1) is 6.20 Å². The van der Waals surface area contributed by atoms with Crippen LogP contribution in [0.3, 0.4) is 0 Å². The number of rotatable bonds is 5. The summed E-state index contributed by atoms with van der Waals surface area (Å²) in [5.74, 6) is 2.93. The van der Waals surface area contributed by atoms with Crippen molar-refractivity contribution < 1.29 is 4.74 Å². The van der Waals surface area contributed by atoms with Gasteiger partial charge in [0.25, 0.3) is 0 Å². The van der Waals surface area contributed by atoms with Crippen LogP contribution in [0.2, 0.25) is 0 Å². The number of aromatic nitrogens is 3. The summed E-state index contributed by atoms with van der Waals surface area (Å²) in [5, 5.41) is 0. The van der Waals surface area contributed by atoms with E-state index in [2.05, 4.69) is 42.6 Å². The molecule has 0 amide bonds. The molecule has 118 valence electrons. The van der Waals surface area contributed by atoms with Crippen LogP contribution in [0.25, 0.3) is 0 Å². The highest BCUT2D eigenvalue weighted by atomic mass is 16.5. The van der Waals surface area contributed by atoms with Crippen molar-refractivity contribution in [1.82, 2.24) is 15.0 Å². The Hall–Kier alpha value is -2.17. The summed E-state index contributed by atoms with van der Waals surface area (Å²) in [7, 11) is 0. The van der Waals surface area contributed by atoms with E-state index in [1.165, 1.54) is 0 Å². The number of pyridine rings is 1. The maximum absolute atomic E-state index is 6.00. The van der Waals surface area contributed by atoms with Crippen molar-refractivity contribution in [2.75, 3.05) is 5.73 Å². The van der Waals surface area contributed by atoms with Gasteiger partial charge in [0.1, 0.15) is 11.6 Å². The van der Waals surface area contributed by atoms with E-state index in [9.17, 15) is 0 Å². The quantitative estimate of drug-likeness (QED) is 0.896. The van der Waals surface area contributed by atoms with Crippen LogP contribution in [0, 0.1) is 6.92 Å². The highest BCUT2D eigenvalue weighted by molar-refractivity contribution is 5.48. The second-order valence-corrected chi connectivity index (χ2v) is 5.88. The number of anilines is 1. The molecule has 2 heterocycles. The Balaban J connectivity index is 2.42. The molecule has 0 saturated heterocycles. The third kappa shape index (κ3) is 3.53. The molecule has 2 rings (SSSR count). The molecule has 0 aliphatic rings. The predicted octanol–water partition coefficient (Wildman–Crippen LogP) is 4.19. The second kappa shape index (κ2) is 6.73. The van der Waals surface area contributed by atoms with Crippen LogP contribution in [0.5, 0.6) is 11.5 Å². The third-order valence-electron chi connectivity index (χ3n) is 3.78. The van der Waals surface area contributed by atoms with Gasteiger partial charge in [0, 0.05) is 23.5 Å². The van der Waals surface area contributed by atoms with E-state index in [4.69, 9.17) is 10.5 Å². The lowest BCUT2D eigenvalue weighted by atomic mass is 10.00. The zero-order valence-electron chi connectivity index (χ0n) is 13.9. The summed E-state index contributed by atoms with van der Waals surface area (Å²) in [6.07, 6.45) is 4.54. The SMILES string of the molecule is CCC(C)c1cc(Oc2cnc(C)nc2N)c(C(C)C)cn1. The molecule has 0 fully saturated rings. The summed E-state index contributed by atoms with van der Waals surface area (Å²) >= 11 is 0. The molecule has 0 aliphatic heterocycles. The Morgan fingerprint density at radius 1 is 1.14 bits per heavy atom. The number of ether oxygens (including phenoxy) is 1. The first-order chi connectivity index (χ1) is 10.4. The molecule has 5 heteroatoms. The first-order valence-electron chi connectivity index (χ1n) is 7.69. The van der Waals surface area contributed by atoms with Gasteiger partial charge in [0.2, 0.25) is 0 Å². The summed E-state index contributed by atoms with van der Waals surface area (Å²) in [5.41, 5.74) is 8.00. The highest BCUT2D eigenvalue weighted by Crippen LogP contribution is 2.34. The van der Waals surface area contributed by atoms with Gasteiger partial charge in [-0.2, -0.15) is 0 Å². The molecule has 0 bridgehead atoms. The summed E-state index contributed by atoms with van der Waals surface area (Å²) in [4.78, 5) is 12.9. The molecular weight excluding hydrogens is 276 g/mol. The maximum atomic E-state index is 6.00. The van der Waals surface area contributed by atoms with Crippen LogP contribution in [0.1, 0.15) is 63.0 Å². The van der Waals surface area contributed by atoms with Gasteiger partial charge in [0.15, 0.2) is 11.6 Å². The lowest BCUT2D eigenvalue weighted by Gasteiger charge is -2.17. The van der Waals surface area contributed by atoms with Crippen molar-refractivity contribution in [2.45, 2.75) is 52.9 Å². The topological polar surface area (TPSA) is 73.9 Å². The minimum atomic E-state index is 0.307. The number of hydrogen-bond acceptors (Lipinski definition) is 5. The molecule has 0 radical (unpaired) electrons. The number of nitrogen functional groups attached to an aromatic ring is 1. The van der Waals surface area contributed by atoms with Crippen LogP contribution in [-0.2, 0) is 0 Å². The Bertz CT molecular complexity index is 655. The van der Waals surface area contributed by atoms with Gasteiger partial charge in [-0.15, -0.1) is 0 Å². The van der Waals surface area contributed by atoms with Gasteiger partial charge in [-0.3, -0.25) is 4.98 Å². The Morgan fingerprint density at radius 3 is 2.45 bits per heavy atom. The molecule has 1 unspecified atom stereocenters. The van der Waals surface area contributed by atoms with Gasteiger partial charge in [-0.1, -0.05) is 27.7 Å². The molecule has 0 aromatic carbocycles. The summed E-state index contributed by atoms with van der Waals surface area (Å²) in [6, 6.07) is 2.00. The largest absolute Gasteiger partial charge is 0.451 e. The van der Waals surface area contributed by atoms with Crippen molar-refractivity contribution in [3.8, 4) is 11.5 Å². The molecule has 2 N–H and O–H groups in total. The Kier molecular flexibility index (Phi) is 4.96. The standard InChI is InChI=1S/C17H24N4O/c1-6-11(4)14-7-15(13(8-20-14)10(2)3)22-16-9-19-12(5)21-17(16)18/h7-11H,6H2,1-5H3,(H2,18,19,21). The lowest BCUT2D eigenvalue weighted by molar-refractivity contribution is 0.467. The van der Waals surface area contributed by atoms with E-state index >= 15 is 0 Å². The fourth-order valence-electron chi connectivity index (χ4n) is 2.14. The predicted molar refractivity (Wildman–Crippen MR) is 88.3 cm³/mol. The third-order valence-corrected chi connectivity index (χ3v) is 3.78. The average molecular weight is 300 g/mol.